The van der Waals surface area contributed by atoms with Crippen molar-refractivity contribution in [3.05, 3.63) is 34.9 Å². The van der Waals surface area contributed by atoms with Gasteiger partial charge in [0.2, 0.25) is 17.7 Å². The van der Waals surface area contributed by atoms with Crippen molar-refractivity contribution in [3.8, 4) is 6.07 Å². The molecule has 1 aromatic rings. The number of nitrogens with one attached hydrogen (secondary N) is 1. The van der Waals surface area contributed by atoms with Crippen LogP contribution < -0.4 is 5.32 Å². The van der Waals surface area contributed by atoms with Crippen LogP contribution in [-0.2, 0) is 27.5 Å². The van der Waals surface area contributed by atoms with Gasteiger partial charge in [0.25, 0.3) is 5.92 Å². The van der Waals surface area contributed by atoms with E-state index in [-0.39, 0.29) is 18.7 Å². The van der Waals surface area contributed by atoms with E-state index in [1.54, 1.807) is 11.0 Å². The molecule has 2 fully saturated rings. The zero-order valence-corrected chi connectivity index (χ0v) is 16.5. The van der Waals surface area contributed by atoms with Crippen molar-refractivity contribution in [2.45, 2.75) is 57.3 Å². The number of amides is 3. The smallest absolute Gasteiger partial charge is 0.268 e. The molecule has 3 amide bonds. The Bertz CT molecular complexity index is 958. The Balaban J connectivity index is 1.38. The molecule has 3 heterocycles. The van der Waals surface area contributed by atoms with E-state index in [1.165, 1.54) is 0 Å². The first-order chi connectivity index (χ1) is 14.2. The van der Waals surface area contributed by atoms with Gasteiger partial charge in [-0.3, -0.25) is 14.4 Å². The first kappa shape index (κ1) is 20.3. The second-order valence-corrected chi connectivity index (χ2v) is 8.33. The van der Waals surface area contributed by atoms with Gasteiger partial charge in [0, 0.05) is 31.8 Å². The van der Waals surface area contributed by atoms with Gasteiger partial charge in [-0.25, -0.2) is 8.78 Å². The average molecular weight is 416 g/mol. The minimum absolute atomic E-state index is 0.0412. The molecule has 3 atom stereocenters. The number of hydrogen-bond acceptors (Lipinski definition) is 4. The fraction of sp³-hybridized carbons (Fsp3) is 0.524. The van der Waals surface area contributed by atoms with Gasteiger partial charge in [-0.1, -0.05) is 18.2 Å². The standard InChI is InChI=1S/C21H22F2N4O3/c1-12-3-2-4-13-9-26(10-16(12)13)18(28)6-14-5-17(25-19(14)29)20(30)27-11-21(22,23)7-15(27)8-24/h2-4,14-15,17H,5-7,9-11H2,1H3,(H,25,29)/t14-,15-,17-/m0/s1. The summed E-state index contributed by atoms with van der Waals surface area (Å²) in [6, 6.07) is 5.44. The molecule has 30 heavy (non-hydrogen) atoms. The summed E-state index contributed by atoms with van der Waals surface area (Å²) in [5, 5.41) is 11.6. The second kappa shape index (κ2) is 7.35. The third-order valence-electron chi connectivity index (χ3n) is 6.20. The van der Waals surface area contributed by atoms with Crippen molar-refractivity contribution < 1.29 is 23.2 Å². The van der Waals surface area contributed by atoms with Crippen molar-refractivity contribution in [1.29, 1.82) is 5.26 Å². The molecule has 0 spiro atoms. The van der Waals surface area contributed by atoms with Crippen molar-refractivity contribution in [2.75, 3.05) is 6.54 Å². The third-order valence-corrected chi connectivity index (χ3v) is 6.20. The highest BCUT2D eigenvalue weighted by atomic mass is 19.3. The Morgan fingerprint density at radius 3 is 2.80 bits per heavy atom. The van der Waals surface area contributed by atoms with Crippen LogP contribution >= 0.6 is 0 Å². The van der Waals surface area contributed by atoms with Crippen LogP contribution in [0, 0.1) is 24.2 Å². The number of benzene rings is 1. The van der Waals surface area contributed by atoms with Crippen LogP contribution in [0.2, 0.25) is 0 Å². The van der Waals surface area contributed by atoms with Crippen molar-refractivity contribution in [2.24, 2.45) is 5.92 Å². The molecule has 0 unspecified atom stereocenters. The Hall–Kier alpha value is -3.02. The molecule has 9 heteroatoms. The van der Waals surface area contributed by atoms with Gasteiger partial charge in [0.05, 0.1) is 12.6 Å². The third kappa shape index (κ3) is 3.62. The number of hydrogen-bond donors (Lipinski definition) is 1. The van der Waals surface area contributed by atoms with E-state index >= 15 is 0 Å². The van der Waals surface area contributed by atoms with Gasteiger partial charge in [-0.05, 0) is 30.0 Å². The van der Waals surface area contributed by atoms with Crippen molar-refractivity contribution in [3.63, 3.8) is 0 Å². The van der Waals surface area contributed by atoms with Gasteiger partial charge in [-0.2, -0.15) is 5.26 Å². The molecule has 1 aromatic carbocycles. The number of nitriles is 1. The fourth-order valence-corrected chi connectivity index (χ4v) is 4.55. The highest BCUT2D eigenvalue weighted by Crippen LogP contribution is 2.34. The Morgan fingerprint density at radius 1 is 1.33 bits per heavy atom. The van der Waals surface area contributed by atoms with Gasteiger partial charge < -0.3 is 15.1 Å². The zero-order chi connectivity index (χ0) is 21.6. The predicted molar refractivity (Wildman–Crippen MR) is 101 cm³/mol. The van der Waals surface area contributed by atoms with Crippen LogP contribution in [0.5, 0.6) is 0 Å². The van der Waals surface area contributed by atoms with Gasteiger partial charge in [0.15, 0.2) is 0 Å². The molecule has 158 valence electrons. The summed E-state index contributed by atoms with van der Waals surface area (Å²) < 4.78 is 27.3. The Kier molecular flexibility index (Phi) is 4.96. The van der Waals surface area contributed by atoms with Gasteiger partial charge in [0.1, 0.15) is 12.1 Å². The molecule has 0 aliphatic carbocycles. The maximum atomic E-state index is 13.6. The first-order valence-corrected chi connectivity index (χ1v) is 9.92. The van der Waals surface area contributed by atoms with Crippen molar-refractivity contribution >= 4 is 17.7 Å². The molecular formula is C21H22F2N4O3. The molecule has 0 aromatic heterocycles. The molecule has 2 saturated heterocycles. The number of fused-ring (bicyclic) bond motifs is 1. The lowest BCUT2D eigenvalue weighted by molar-refractivity contribution is -0.135. The minimum Gasteiger partial charge on any atom is -0.344 e. The fourth-order valence-electron chi connectivity index (χ4n) is 4.55. The lowest BCUT2D eigenvalue weighted by Crippen LogP contribution is -2.46. The topological polar surface area (TPSA) is 93.5 Å². The summed E-state index contributed by atoms with van der Waals surface area (Å²) in [6.45, 7) is 2.14. The predicted octanol–water partition coefficient (Wildman–Crippen LogP) is 1.49. The Morgan fingerprint density at radius 2 is 2.10 bits per heavy atom. The highest BCUT2D eigenvalue weighted by molar-refractivity contribution is 5.94. The number of rotatable bonds is 3. The van der Waals surface area contributed by atoms with Crippen LogP contribution in [0.15, 0.2) is 18.2 Å². The first-order valence-electron chi connectivity index (χ1n) is 9.92. The summed E-state index contributed by atoms with van der Waals surface area (Å²) in [5.74, 6) is -5.11. The summed E-state index contributed by atoms with van der Waals surface area (Å²) in [6.07, 6.45) is -0.684. The maximum Gasteiger partial charge on any atom is 0.268 e. The van der Waals surface area contributed by atoms with Crippen LogP contribution in [0.3, 0.4) is 0 Å². The second-order valence-electron chi connectivity index (χ2n) is 8.33. The van der Waals surface area contributed by atoms with Gasteiger partial charge >= 0.3 is 0 Å². The summed E-state index contributed by atoms with van der Waals surface area (Å²) in [4.78, 5) is 40.3. The molecule has 0 saturated carbocycles. The molecule has 3 aliphatic rings. The SMILES string of the molecule is Cc1cccc2c1CN(C(=O)C[C@@H]1C[C@@H](C(=O)N3CC(F)(F)C[C@H]3C#N)NC1=O)C2. The molecular weight excluding hydrogens is 394 g/mol. The van der Waals surface area contributed by atoms with E-state index in [0.717, 1.165) is 21.6 Å². The van der Waals surface area contributed by atoms with E-state index in [0.29, 0.717) is 13.1 Å². The lowest BCUT2D eigenvalue weighted by Gasteiger charge is -2.22. The van der Waals surface area contributed by atoms with E-state index in [2.05, 4.69) is 5.32 Å². The lowest BCUT2D eigenvalue weighted by atomic mass is 9.99. The van der Waals surface area contributed by atoms with Crippen LogP contribution in [0.25, 0.3) is 0 Å². The van der Waals surface area contributed by atoms with Crippen LogP contribution in [0.1, 0.15) is 36.0 Å². The molecule has 3 aliphatic heterocycles. The van der Waals surface area contributed by atoms with Crippen LogP contribution in [0.4, 0.5) is 8.78 Å². The summed E-state index contributed by atoms with van der Waals surface area (Å²) in [5.41, 5.74) is 3.32. The van der Waals surface area contributed by atoms with E-state index in [1.807, 2.05) is 25.1 Å². The molecule has 7 nitrogen and oxygen atoms in total. The number of aryl methyl sites for hydroxylation is 1. The molecule has 4 rings (SSSR count). The number of likely N-dealkylation sites (tertiary alicyclic amines) is 1. The average Bonchev–Trinajstić information content (AvgIpc) is 3.37. The monoisotopic (exact) mass is 416 g/mol. The van der Waals surface area contributed by atoms with E-state index < -0.39 is 48.7 Å². The maximum absolute atomic E-state index is 13.6. The van der Waals surface area contributed by atoms with Crippen molar-refractivity contribution in [1.82, 2.24) is 15.1 Å². The normalized spacial score (nSPS) is 27.0. The van der Waals surface area contributed by atoms with E-state index in [9.17, 15) is 23.2 Å². The molecule has 1 N–H and O–H groups in total. The molecule has 0 radical (unpaired) electrons. The van der Waals surface area contributed by atoms with E-state index in [4.69, 9.17) is 5.26 Å². The molecule has 0 bridgehead atoms. The van der Waals surface area contributed by atoms with Gasteiger partial charge in [-0.15, -0.1) is 0 Å². The summed E-state index contributed by atoms with van der Waals surface area (Å²) >= 11 is 0. The minimum atomic E-state index is -3.11. The zero-order valence-electron chi connectivity index (χ0n) is 16.5. The highest BCUT2D eigenvalue weighted by Gasteiger charge is 2.50. The number of nitrogens with zero attached hydrogens (tertiary/aromatic N) is 3. The quantitative estimate of drug-likeness (QED) is 0.808. The number of carbonyl (C=O) groups is 3. The van der Waals surface area contributed by atoms with Crippen LogP contribution in [-0.4, -0.2) is 52.1 Å². The number of alkyl halides is 2. The number of halogens is 2. The number of carbonyl (C=O) groups excluding carboxylic acids is 3. The Labute approximate surface area is 172 Å². The largest absolute Gasteiger partial charge is 0.344 e. The summed E-state index contributed by atoms with van der Waals surface area (Å²) in [7, 11) is 0.